The molecular weight excluding hydrogens is 300 g/mol. The van der Waals surface area contributed by atoms with Crippen molar-refractivity contribution in [3.8, 4) is 5.75 Å². The molecule has 0 aliphatic rings. The number of hydrogen-bond acceptors (Lipinski definition) is 3. The van der Waals surface area contributed by atoms with Crippen LogP contribution in [0.3, 0.4) is 0 Å². The van der Waals surface area contributed by atoms with E-state index in [1.165, 1.54) is 0 Å². The third kappa shape index (κ3) is 1.64. The van der Waals surface area contributed by atoms with Crippen molar-refractivity contribution in [3.05, 3.63) is 77.2 Å². The highest BCUT2D eigenvalue weighted by atomic mass is 16.4. The monoisotopic (exact) mass is 312 g/mol. The first-order valence-corrected chi connectivity index (χ1v) is 7.73. The maximum atomic E-state index is 12.4. The lowest BCUT2D eigenvalue weighted by Crippen LogP contribution is -2.00. The molecule has 1 N–H and O–H groups in total. The first-order chi connectivity index (χ1) is 11.7. The Labute approximate surface area is 136 Å². The van der Waals surface area contributed by atoms with Crippen LogP contribution in [0, 0.1) is 0 Å². The molecule has 4 aromatic carbocycles. The van der Waals surface area contributed by atoms with Crippen molar-refractivity contribution in [1.82, 2.24) is 0 Å². The van der Waals surface area contributed by atoms with Crippen molar-refractivity contribution in [3.63, 3.8) is 0 Å². The average molecular weight is 312 g/mol. The van der Waals surface area contributed by atoms with E-state index in [1.807, 2.05) is 54.6 Å². The van der Waals surface area contributed by atoms with Crippen LogP contribution in [0.15, 0.2) is 75.9 Å². The molecule has 5 aromatic rings. The van der Waals surface area contributed by atoms with Gasteiger partial charge in [-0.1, -0.05) is 54.6 Å². The summed E-state index contributed by atoms with van der Waals surface area (Å²) in [6, 6.07) is 21.1. The molecular formula is C21H12O3. The second kappa shape index (κ2) is 4.59. The normalized spacial score (nSPS) is 11.7. The molecule has 1 heterocycles. The Morgan fingerprint density at radius 2 is 1.38 bits per heavy atom. The van der Waals surface area contributed by atoms with Gasteiger partial charge in [-0.2, -0.15) is 0 Å². The highest BCUT2D eigenvalue weighted by molar-refractivity contribution is 6.26. The summed E-state index contributed by atoms with van der Waals surface area (Å²) < 4.78 is 5.46. The molecule has 1 aromatic heterocycles. The highest BCUT2D eigenvalue weighted by Crippen LogP contribution is 2.38. The van der Waals surface area contributed by atoms with E-state index in [0.717, 1.165) is 32.3 Å². The Morgan fingerprint density at radius 1 is 0.708 bits per heavy atom. The lowest BCUT2D eigenvalue weighted by Gasteiger charge is -2.10. The number of rotatable bonds is 0. The number of hydrogen-bond donors (Lipinski definition) is 1. The minimum atomic E-state index is -0.436. The van der Waals surface area contributed by atoms with Crippen molar-refractivity contribution >= 4 is 43.3 Å². The Bertz CT molecular complexity index is 1330. The van der Waals surface area contributed by atoms with E-state index in [0.29, 0.717) is 5.39 Å². The number of phenolic OH excluding ortho intramolecular Hbond substituents is 1. The van der Waals surface area contributed by atoms with Gasteiger partial charge in [0.1, 0.15) is 0 Å². The quantitative estimate of drug-likeness (QED) is 0.325. The highest BCUT2D eigenvalue weighted by Gasteiger charge is 2.16. The molecule has 0 saturated carbocycles. The summed E-state index contributed by atoms with van der Waals surface area (Å²) in [5.74, 6) is -0.0179. The molecule has 0 saturated heterocycles. The van der Waals surface area contributed by atoms with Gasteiger partial charge in [0, 0.05) is 10.8 Å². The van der Waals surface area contributed by atoms with E-state index >= 15 is 0 Å². The number of fused-ring (bicyclic) bond motifs is 7. The Kier molecular flexibility index (Phi) is 2.51. The Hall–Kier alpha value is -3.33. The lowest BCUT2D eigenvalue weighted by molar-refractivity contribution is 0.459. The third-order valence-electron chi connectivity index (χ3n) is 4.58. The summed E-state index contributed by atoms with van der Waals surface area (Å²) in [6.45, 7) is 0. The van der Waals surface area contributed by atoms with Gasteiger partial charge in [-0.15, -0.1) is 0 Å². The topological polar surface area (TPSA) is 50.4 Å². The predicted octanol–water partition coefficient (Wildman–Crippen LogP) is 4.96. The molecule has 3 nitrogen and oxygen atoms in total. The predicted molar refractivity (Wildman–Crippen MR) is 96.7 cm³/mol. The van der Waals surface area contributed by atoms with Gasteiger partial charge >= 0.3 is 5.63 Å². The van der Waals surface area contributed by atoms with Gasteiger partial charge in [-0.25, -0.2) is 4.79 Å². The fraction of sp³-hybridized carbons (Fsp3) is 0. The Balaban J connectivity index is 2.26. The maximum Gasteiger partial charge on any atom is 0.344 e. The van der Waals surface area contributed by atoms with Crippen LogP contribution in [-0.2, 0) is 0 Å². The zero-order valence-corrected chi connectivity index (χ0v) is 12.6. The molecule has 0 unspecified atom stereocenters. The SMILES string of the molecule is O=c1oc2c(O)cc3ccccc3c2c2c1ccc1ccccc12. The van der Waals surface area contributed by atoms with Crippen LogP contribution in [-0.4, -0.2) is 5.11 Å². The largest absolute Gasteiger partial charge is 0.504 e. The minimum absolute atomic E-state index is 0.0179. The molecule has 0 aliphatic carbocycles. The third-order valence-corrected chi connectivity index (χ3v) is 4.58. The minimum Gasteiger partial charge on any atom is -0.504 e. The smallest absolute Gasteiger partial charge is 0.344 e. The van der Waals surface area contributed by atoms with Crippen molar-refractivity contribution < 1.29 is 9.52 Å². The van der Waals surface area contributed by atoms with Crippen LogP contribution in [0.1, 0.15) is 0 Å². The summed E-state index contributed by atoms with van der Waals surface area (Å²) in [7, 11) is 0. The molecule has 0 spiro atoms. The van der Waals surface area contributed by atoms with Gasteiger partial charge in [0.25, 0.3) is 0 Å². The van der Waals surface area contributed by atoms with Crippen LogP contribution in [0.25, 0.3) is 43.3 Å². The number of aromatic hydroxyl groups is 1. The number of phenols is 1. The van der Waals surface area contributed by atoms with Crippen LogP contribution >= 0.6 is 0 Å². The van der Waals surface area contributed by atoms with Gasteiger partial charge in [0.15, 0.2) is 11.3 Å². The molecule has 0 fully saturated rings. The van der Waals surface area contributed by atoms with Crippen molar-refractivity contribution in [2.24, 2.45) is 0 Å². The summed E-state index contributed by atoms with van der Waals surface area (Å²) >= 11 is 0. The van der Waals surface area contributed by atoms with E-state index < -0.39 is 5.63 Å². The van der Waals surface area contributed by atoms with Crippen molar-refractivity contribution in [2.75, 3.05) is 0 Å². The maximum absolute atomic E-state index is 12.4. The summed E-state index contributed by atoms with van der Waals surface area (Å²) in [5, 5.41) is 16.4. The van der Waals surface area contributed by atoms with Crippen LogP contribution in [0.5, 0.6) is 5.75 Å². The fourth-order valence-electron chi connectivity index (χ4n) is 3.52. The van der Waals surface area contributed by atoms with Gasteiger partial charge < -0.3 is 9.52 Å². The lowest BCUT2D eigenvalue weighted by atomic mass is 9.96. The summed E-state index contributed by atoms with van der Waals surface area (Å²) in [4.78, 5) is 12.4. The van der Waals surface area contributed by atoms with Crippen molar-refractivity contribution in [2.45, 2.75) is 0 Å². The second-order valence-electron chi connectivity index (χ2n) is 5.92. The molecule has 5 rings (SSSR count). The molecule has 0 radical (unpaired) electrons. The van der Waals surface area contributed by atoms with Crippen LogP contribution in [0.2, 0.25) is 0 Å². The van der Waals surface area contributed by atoms with Gasteiger partial charge in [-0.05, 0) is 33.7 Å². The average Bonchev–Trinajstić information content (AvgIpc) is 2.62. The fourth-order valence-corrected chi connectivity index (χ4v) is 3.52. The van der Waals surface area contributed by atoms with Crippen molar-refractivity contribution in [1.29, 1.82) is 0 Å². The molecule has 0 aliphatic heterocycles. The van der Waals surface area contributed by atoms with E-state index in [1.54, 1.807) is 12.1 Å². The zero-order valence-electron chi connectivity index (χ0n) is 12.6. The standard InChI is InChI=1S/C21H12O3/c22-17-11-13-6-2-4-8-15(13)19-18-14-7-3-1-5-12(14)9-10-16(18)21(23)24-20(17)19/h1-11,22H. The summed E-state index contributed by atoms with van der Waals surface area (Å²) in [5.41, 5.74) is -0.198. The first-order valence-electron chi connectivity index (χ1n) is 7.73. The van der Waals surface area contributed by atoms with Gasteiger partial charge in [0.2, 0.25) is 0 Å². The molecule has 0 atom stereocenters. The zero-order chi connectivity index (χ0) is 16.3. The first kappa shape index (κ1) is 13.1. The summed E-state index contributed by atoms with van der Waals surface area (Å²) in [6.07, 6.45) is 0. The van der Waals surface area contributed by atoms with Gasteiger partial charge in [-0.3, -0.25) is 0 Å². The molecule has 0 bridgehead atoms. The van der Waals surface area contributed by atoms with E-state index in [4.69, 9.17) is 4.42 Å². The molecule has 24 heavy (non-hydrogen) atoms. The van der Waals surface area contributed by atoms with E-state index in [-0.39, 0.29) is 11.3 Å². The van der Waals surface area contributed by atoms with E-state index in [2.05, 4.69) is 0 Å². The molecule has 0 amide bonds. The second-order valence-corrected chi connectivity index (χ2v) is 5.92. The van der Waals surface area contributed by atoms with Crippen LogP contribution < -0.4 is 5.63 Å². The van der Waals surface area contributed by atoms with E-state index in [9.17, 15) is 9.90 Å². The van der Waals surface area contributed by atoms with Gasteiger partial charge in [0.05, 0.1) is 5.39 Å². The Morgan fingerprint density at radius 3 is 2.17 bits per heavy atom. The molecule has 3 heteroatoms. The molecule has 114 valence electrons. The van der Waals surface area contributed by atoms with Crippen LogP contribution in [0.4, 0.5) is 0 Å². The number of benzene rings is 4.